The number of amides is 1. The number of fused-ring (bicyclic) bond motifs is 2. The lowest BCUT2D eigenvalue weighted by Gasteiger charge is -2.42. The third-order valence-corrected chi connectivity index (χ3v) is 6.85. The maximum absolute atomic E-state index is 13.6. The second-order valence-corrected chi connectivity index (χ2v) is 7.82. The summed E-state index contributed by atoms with van der Waals surface area (Å²) in [6.07, 6.45) is -0.0242. The van der Waals surface area contributed by atoms with Crippen LogP contribution < -0.4 is 9.80 Å². The van der Waals surface area contributed by atoms with E-state index in [1.807, 2.05) is 12.1 Å². The van der Waals surface area contributed by atoms with Gasteiger partial charge in [-0.3, -0.25) is 14.6 Å². The first kappa shape index (κ1) is 17.2. The molecule has 1 aromatic carbocycles. The summed E-state index contributed by atoms with van der Waals surface area (Å²) in [7, 11) is 3.07. The highest BCUT2D eigenvalue weighted by molar-refractivity contribution is 6.08. The van der Waals surface area contributed by atoms with Crippen molar-refractivity contribution >= 4 is 17.3 Å². The van der Waals surface area contributed by atoms with Crippen molar-refractivity contribution in [3.63, 3.8) is 0 Å². The summed E-state index contributed by atoms with van der Waals surface area (Å²) >= 11 is 0. The number of hydroxylamine groups is 1. The molecule has 0 aromatic heterocycles. The minimum Gasteiger partial charge on any atom is -0.497 e. The molecule has 1 N–H and O–H groups in total. The number of hydrogen-bond donors (Lipinski definition) is 1. The number of hydrogen-bond acceptors (Lipinski definition) is 6. The van der Waals surface area contributed by atoms with Crippen molar-refractivity contribution in [2.45, 2.75) is 43.4 Å². The monoisotopic (exact) mass is 372 g/mol. The highest BCUT2D eigenvalue weighted by atomic mass is 16.7. The lowest BCUT2D eigenvalue weighted by Crippen LogP contribution is -2.58. The van der Waals surface area contributed by atoms with Crippen LogP contribution in [0.5, 0.6) is 5.75 Å². The van der Waals surface area contributed by atoms with Crippen molar-refractivity contribution in [2.24, 2.45) is 16.8 Å². The van der Waals surface area contributed by atoms with Crippen LogP contribution in [-0.2, 0) is 19.8 Å². The van der Waals surface area contributed by atoms with Crippen molar-refractivity contribution < 1.29 is 24.2 Å². The van der Waals surface area contributed by atoms with Crippen LogP contribution in [0.1, 0.15) is 25.3 Å². The van der Waals surface area contributed by atoms with Crippen molar-refractivity contribution in [2.75, 3.05) is 25.9 Å². The molecule has 144 valence electrons. The van der Waals surface area contributed by atoms with Crippen molar-refractivity contribution in [3.05, 3.63) is 23.8 Å². The van der Waals surface area contributed by atoms with Crippen LogP contribution in [0.3, 0.4) is 0 Å². The average molecular weight is 372 g/mol. The summed E-state index contributed by atoms with van der Waals surface area (Å²) in [5.41, 5.74) is 1.54. The number of benzene rings is 1. The summed E-state index contributed by atoms with van der Waals surface area (Å²) < 4.78 is 11.5. The fourth-order valence-electron chi connectivity index (χ4n) is 5.69. The van der Waals surface area contributed by atoms with Crippen LogP contribution in [-0.4, -0.2) is 55.8 Å². The zero-order valence-electron chi connectivity index (χ0n) is 15.7. The van der Waals surface area contributed by atoms with E-state index < -0.39 is 17.6 Å². The second-order valence-electron chi connectivity index (χ2n) is 7.82. The molecule has 27 heavy (non-hydrogen) atoms. The molecule has 1 aromatic rings. The fraction of sp³-hybridized carbons (Fsp3) is 0.600. The van der Waals surface area contributed by atoms with Gasteiger partial charge in [0.15, 0.2) is 0 Å². The lowest BCUT2D eigenvalue weighted by molar-refractivity contribution is -0.152. The van der Waals surface area contributed by atoms with Gasteiger partial charge >= 0.3 is 0 Å². The molecule has 1 saturated carbocycles. The Morgan fingerprint density at radius 3 is 2.93 bits per heavy atom. The van der Waals surface area contributed by atoms with E-state index >= 15 is 0 Å². The van der Waals surface area contributed by atoms with Gasteiger partial charge in [-0.1, -0.05) is 13.0 Å². The molecule has 0 radical (unpaired) electrons. The SMILES string of the molecule is CCC1=NC2C[C@@]3(C(=O)N(OC)c4cc(OC)ccc43)C3OCC2C1[C@@H]3O. The van der Waals surface area contributed by atoms with E-state index in [1.165, 1.54) is 12.2 Å². The first-order chi connectivity index (χ1) is 13.1. The number of aliphatic hydroxyl groups excluding tert-OH is 1. The molecule has 4 bridgehead atoms. The third kappa shape index (κ3) is 1.97. The molecular formula is C20H24N2O5. The van der Waals surface area contributed by atoms with E-state index in [0.29, 0.717) is 24.5 Å². The maximum Gasteiger partial charge on any atom is 0.264 e. The molecule has 7 nitrogen and oxygen atoms in total. The van der Waals surface area contributed by atoms with Gasteiger partial charge in [0.2, 0.25) is 0 Å². The van der Waals surface area contributed by atoms with Crippen LogP contribution in [0.25, 0.3) is 0 Å². The van der Waals surface area contributed by atoms with Crippen LogP contribution in [0.4, 0.5) is 5.69 Å². The zero-order chi connectivity index (χ0) is 18.9. The molecule has 7 heteroatoms. The average Bonchev–Trinajstić information content (AvgIpc) is 3.05. The zero-order valence-corrected chi connectivity index (χ0v) is 15.7. The summed E-state index contributed by atoms with van der Waals surface area (Å²) in [6.45, 7) is 2.60. The highest BCUT2D eigenvalue weighted by Crippen LogP contribution is 2.57. The van der Waals surface area contributed by atoms with Crippen LogP contribution >= 0.6 is 0 Å². The Labute approximate surface area is 157 Å². The summed E-state index contributed by atoms with van der Waals surface area (Å²) in [5, 5.41) is 12.6. The lowest BCUT2D eigenvalue weighted by atomic mass is 9.70. The number of carbonyl (C=O) groups excluding carboxylic acids is 1. The third-order valence-electron chi connectivity index (χ3n) is 6.85. The van der Waals surface area contributed by atoms with Crippen LogP contribution in [0.15, 0.2) is 23.2 Å². The number of aliphatic hydroxyl groups is 1. The predicted octanol–water partition coefficient (Wildman–Crippen LogP) is 1.47. The minimum absolute atomic E-state index is 0.0239. The van der Waals surface area contributed by atoms with Gasteiger partial charge < -0.3 is 14.6 Å². The van der Waals surface area contributed by atoms with Crippen molar-refractivity contribution in [1.82, 2.24) is 0 Å². The molecule has 6 rings (SSSR count). The standard InChI is InChI=1S/C20H24N2O5/c1-4-13-16-11-9-27-18(17(16)23)20(8-14(11)21-13)12-6-5-10(25-2)7-15(12)22(26-3)19(20)24/h5-7,11,14,16-18,23H,4,8-9H2,1-3H3/t11?,14?,16?,17-,18?,20-/m0/s1. The Balaban J connectivity index is 1.71. The molecule has 5 aliphatic rings. The first-order valence-corrected chi connectivity index (χ1v) is 9.50. The van der Waals surface area contributed by atoms with Gasteiger partial charge in [0.05, 0.1) is 38.7 Å². The van der Waals surface area contributed by atoms with Gasteiger partial charge in [0.1, 0.15) is 17.3 Å². The number of ether oxygens (including phenoxy) is 2. The Morgan fingerprint density at radius 1 is 1.41 bits per heavy atom. The van der Waals surface area contributed by atoms with E-state index in [9.17, 15) is 9.90 Å². The van der Waals surface area contributed by atoms with Crippen molar-refractivity contribution in [1.29, 1.82) is 0 Å². The fourth-order valence-corrected chi connectivity index (χ4v) is 5.69. The van der Waals surface area contributed by atoms with Crippen LogP contribution in [0.2, 0.25) is 0 Å². The van der Waals surface area contributed by atoms with E-state index in [-0.39, 0.29) is 23.8 Å². The molecule has 1 amide bonds. The number of aliphatic imine (C=N–C) groups is 1. The number of rotatable bonds is 3. The van der Waals surface area contributed by atoms with Gasteiger partial charge in [-0.15, -0.1) is 0 Å². The summed E-state index contributed by atoms with van der Waals surface area (Å²) in [4.78, 5) is 24.0. The smallest absolute Gasteiger partial charge is 0.264 e. The molecule has 2 saturated heterocycles. The van der Waals surface area contributed by atoms with Crippen molar-refractivity contribution in [3.8, 4) is 5.75 Å². The van der Waals surface area contributed by atoms with E-state index in [2.05, 4.69) is 6.92 Å². The predicted molar refractivity (Wildman–Crippen MR) is 98.0 cm³/mol. The Kier molecular flexibility index (Phi) is 3.67. The van der Waals surface area contributed by atoms with Gasteiger partial charge in [-0.05, 0) is 24.5 Å². The number of nitrogens with zero attached hydrogens (tertiary/aromatic N) is 2. The summed E-state index contributed by atoms with van der Waals surface area (Å²) in [6, 6.07) is 5.52. The minimum atomic E-state index is -0.992. The number of methoxy groups -OCH3 is 1. The second kappa shape index (κ2) is 5.77. The topological polar surface area (TPSA) is 80.6 Å². The van der Waals surface area contributed by atoms with Gasteiger partial charge in [-0.2, -0.15) is 5.06 Å². The first-order valence-electron chi connectivity index (χ1n) is 9.50. The summed E-state index contributed by atoms with van der Waals surface area (Å²) in [5.74, 6) is 0.562. The Bertz CT molecular complexity index is 840. The molecule has 1 spiro atoms. The molecule has 4 unspecified atom stereocenters. The maximum atomic E-state index is 13.6. The molecular weight excluding hydrogens is 348 g/mol. The van der Waals surface area contributed by atoms with E-state index in [0.717, 1.165) is 17.7 Å². The quantitative estimate of drug-likeness (QED) is 0.869. The van der Waals surface area contributed by atoms with Crippen LogP contribution in [0, 0.1) is 11.8 Å². The molecule has 1 aliphatic carbocycles. The molecule has 3 fully saturated rings. The van der Waals surface area contributed by atoms with Gasteiger partial charge in [0.25, 0.3) is 5.91 Å². The van der Waals surface area contributed by atoms with Gasteiger partial charge in [0, 0.05) is 23.6 Å². The largest absolute Gasteiger partial charge is 0.497 e. The normalized spacial score (nSPS) is 39.0. The molecule has 4 heterocycles. The molecule has 4 aliphatic heterocycles. The Hall–Kier alpha value is -1.96. The van der Waals surface area contributed by atoms with E-state index in [1.54, 1.807) is 13.2 Å². The van der Waals surface area contributed by atoms with Gasteiger partial charge in [-0.25, -0.2) is 0 Å². The van der Waals surface area contributed by atoms with E-state index in [4.69, 9.17) is 19.3 Å². The number of carbonyl (C=O) groups is 1. The Morgan fingerprint density at radius 2 is 2.22 bits per heavy atom. The molecule has 6 atom stereocenters. The highest BCUT2D eigenvalue weighted by Gasteiger charge is 2.67. The number of anilines is 1.